The van der Waals surface area contributed by atoms with Crippen LogP contribution in [0.4, 0.5) is 15.0 Å². The molecule has 15 nitrogen and oxygen atoms in total. The molecule has 3 aromatic rings. The summed E-state index contributed by atoms with van der Waals surface area (Å²) in [6, 6.07) is 3.27. The number of aromatic carboxylic acids is 1. The second-order valence-corrected chi connectivity index (χ2v) is 14.3. The van der Waals surface area contributed by atoms with Crippen molar-refractivity contribution in [1.82, 2.24) is 24.7 Å². The van der Waals surface area contributed by atoms with Gasteiger partial charge < -0.3 is 34.6 Å². The van der Waals surface area contributed by atoms with Crippen LogP contribution in [0, 0.1) is 5.82 Å². The first-order valence-corrected chi connectivity index (χ1v) is 16.8. The van der Waals surface area contributed by atoms with Crippen molar-refractivity contribution in [3.63, 3.8) is 0 Å². The van der Waals surface area contributed by atoms with Gasteiger partial charge in [0.2, 0.25) is 11.3 Å². The van der Waals surface area contributed by atoms with Crippen LogP contribution in [0.25, 0.3) is 11.0 Å². The van der Waals surface area contributed by atoms with Gasteiger partial charge in [-0.2, -0.15) is 0 Å². The Balaban J connectivity index is 1.10. The normalized spacial score (nSPS) is 19.3. The van der Waals surface area contributed by atoms with Crippen molar-refractivity contribution in [2.45, 2.75) is 57.7 Å². The van der Waals surface area contributed by atoms with Crippen molar-refractivity contribution in [1.29, 1.82) is 0 Å². The monoisotopic (exact) mass is 710 g/mol. The summed E-state index contributed by atoms with van der Waals surface area (Å²) in [7, 11) is 0. The first-order chi connectivity index (χ1) is 23.6. The summed E-state index contributed by atoms with van der Waals surface area (Å²) in [6.07, 6.45) is 1.23. The maximum atomic E-state index is 15.4. The first-order valence-electron chi connectivity index (χ1n) is 15.9. The van der Waals surface area contributed by atoms with Gasteiger partial charge in [-0.15, -0.1) is 11.3 Å². The van der Waals surface area contributed by atoms with E-state index in [4.69, 9.17) is 4.74 Å². The van der Waals surface area contributed by atoms with E-state index < -0.39 is 58.4 Å². The van der Waals surface area contributed by atoms with Crippen LogP contribution in [0.2, 0.25) is 0 Å². The Hall–Kier alpha value is -5.32. The molecule has 3 aliphatic heterocycles. The van der Waals surface area contributed by atoms with Crippen LogP contribution in [0.3, 0.4) is 0 Å². The third-order valence-electron chi connectivity index (χ3n) is 9.04. The minimum atomic E-state index is -1.43. The molecule has 6 heterocycles. The number of carboxylic acid groups (broad SMARTS) is 2. The van der Waals surface area contributed by atoms with Crippen LogP contribution >= 0.6 is 11.3 Å². The highest BCUT2D eigenvalue weighted by Crippen LogP contribution is 2.37. The highest BCUT2D eigenvalue weighted by atomic mass is 32.1. The zero-order valence-corrected chi connectivity index (χ0v) is 28.3. The number of aliphatic carboxylic acids is 1. The molecule has 3 N–H and O–H groups in total. The third-order valence-corrected chi connectivity index (χ3v) is 9.92. The van der Waals surface area contributed by atoms with Gasteiger partial charge in [0.05, 0.1) is 17.8 Å². The number of carbonyl (C=O) groups is 5. The highest BCUT2D eigenvalue weighted by Gasteiger charge is 2.53. The molecule has 0 saturated carbocycles. The molecule has 2 saturated heterocycles. The molecule has 0 spiro atoms. The van der Waals surface area contributed by atoms with Crippen LogP contribution in [-0.2, 0) is 31.1 Å². The molecular formula is C33H35FN6O9S. The average molecular weight is 711 g/mol. The van der Waals surface area contributed by atoms with E-state index in [2.05, 4.69) is 10.3 Å². The standard InChI is InChI=1S/C33H35FN6O9S/c1-33(2,3)39-15-20(30(44)45)26(42)19-14-21(34)28(36-27(19)39)37-8-10-38(11-9-37)32(48)49-16-17-6-7-22-24(29(43)40(22)25(17)31(46)47)35-23(41)13-18-5-4-12-50-18/h4-5,12,14-15,22,24H,6-11,13,16H2,1-3H3,(H,35,41)(H,44,45)(H,46,47)/t22-,24+/m1/s1. The topological polar surface area (TPSA) is 192 Å². The van der Waals surface area contributed by atoms with Crippen molar-refractivity contribution in [3.8, 4) is 0 Å². The maximum absolute atomic E-state index is 15.4. The summed E-state index contributed by atoms with van der Waals surface area (Å²) in [5.41, 5.74) is -1.90. The van der Waals surface area contributed by atoms with Crippen molar-refractivity contribution < 1.29 is 43.3 Å². The lowest BCUT2D eigenvalue weighted by molar-refractivity contribution is -0.156. The Morgan fingerprint density at radius 1 is 1.10 bits per heavy atom. The molecule has 0 unspecified atom stereocenters. The Kier molecular flexibility index (Phi) is 9.11. The van der Waals surface area contributed by atoms with Gasteiger partial charge in [-0.05, 0) is 56.7 Å². The number of rotatable bonds is 8. The van der Waals surface area contributed by atoms with Gasteiger partial charge in [0.15, 0.2) is 11.6 Å². The fourth-order valence-corrected chi connectivity index (χ4v) is 7.22. The van der Waals surface area contributed by atoms with Crippen molar-refractivity contribution in [2.24, 2.45) is 0 Å². The number of fused-ring (bicyclic) bond motifs is 2. The molecule has 0 aliphatic carbocycles. The molecule has 0 bridgehead atoms. The zero-order valence-electron chi connectivity index (χ0n) is 27.5. The first kappa shape index (κ1) is 34.5. The van der Waals surface area contributed by atoms with E-state index in [9.17, 15) is 39.0 Å². The van der Waals surface area contributed by atoms with Gasteiger partial charge >= 0.3 is 18.0 Å². The minimum absolute atomic E-state index is 0.0563. The Morgan fingerprint density at radius 2 is 1.82 bits per heavy atom. The van der Waals surface area contributed by atoms with E-state index in [1.807, 2.05) is 17.5 Å². The fourth-order valence-electron chi connectivity index (χ4n) is 6.52. The summed E-state index contributed by atoms with van der Waals surface area (Å²) in [6.45, 7) is 5.59. The smallest absolute Gasteiger partial charge is 0.410 e. The van der Waals surface area contributed by atoms with Gasteiger partial charge in [-0.1, -0.05) is 6.07 Å². The lowest BCUT2D eigenvalue weighted by Gasteiger charge is -2.50. The van der Waals surface area contributed by atoms with Gasteiger partial charge in [-0.3, -0.25) is 19.3 Å². The van der Waals surface area contributed by atoms with Crippen LogP contribution in [-0.4, -0.2) is 104 Å². The summed E-state index contributed by atoms with van der Waals surface area (Å²) < 4.78 is 22.4. The van der Waals surface area contributed by atoms with Crippen LogP contribution < -0.4 is 15.6 Å². The highest BCUT2D eigenvalue weighted by molar-refractivity contribution is 7.10. The average Bonchev–Trinajstić information content (AvgIpc) is 3.58. The summed E-state index contributed by atoms with van der Waals surface area (Å²) >= 11 is 1.42. The number of anilines is 1. The predicted molar refractivity (Wildman–Crippen MR) is 178 cm³/mol. The second-order valence-electron chi connectivity index (χ2n) is 13.3. The molecule has 3 amide bonds. The van der Waals surface area contributed by atoms with Crippen LogP contribution in [0.1, 0.15) is 48.8 Å². The fraction of sp³-hybridized carbons (Fsp3) is 0.424. The van der Waals surface area contributed by atoms with E-state index >= 15 is 4.39 Å². The number of β-lactam (4-membered cyclic amide) rings is 1. The number of pyridine rings is 2. The summed E-state index contributed by atoms with van der Waals surface area (Å²) in [5, 5.41) is 23.9. The number of nitrogens with zero attached hydrogens (tertiary/aromatic N) is 5. The number of halogens is 1. The van der Waals surface area contributed by atoms with E-state index in [0.717, 1.165) is 15.8 Å². The number of carboxylic acids is 2. The Morgan fingerprint density at radius 3 is 2.44 bits per heavy atom. The van der Waals surface area contributed by atoms with Gasteiger partial charge in [0, 0.05) is 42.8 Å². The number of amides is 3. The molecule has 2 fully saturated rings. The van der Waals surface area contributed by atoms with Crippen LogP contribution in [0.5, 0.6) is 0 Å². The van der Waals surface area contributed by atoms with Crippen molar-refractivity contribution in [2.75, 3.05) is 37.7 Å². The predicted octanol–water partition coefficient (Wildman–Crippen LogP) is 2.38. The number of carbonyl (C=O) groups excluding carboxylic acids is 3. The second kappa shape index (κ2) is 13.2. The Bertz CT molecular complexity index is 2000. The number of aromatic nitrogens is 2. The SMILES string of the molecule is CC(C)(C)n1cc(C(=O)O)c(=O)c2cc(F)c(N3CCN(C(=O)OCC4=C(C(=O)O)N5C(=O)[C@@H](NC(=O)Cc6cccs6)[C@H]5CC4)CC3)nc21. The molecule has 0 radical (unpaired) electrons. The number of hydrogen-bond acceptors (Lipinski definition) is 10. The lowest BCUT2D eigenvalue weighted by atomic mass is 9.83. The number of piperazine rings is 1. The number of thiophene rings is 1. The summed E-state index contributed by atoms with van der Waals surface area (Å²) in [4.78, 5) is 84.7. The molecule has 6 rings (SSSR count). The molecule has 264 valence electrons. The Labute approximate surface area is 288 Å². The van der Waals surface area contributed by atoms with Crippen molar-refractivity contribution >= 4 is 58.0 Å². The zero-order chi connectivity index (χ0) is 36.1. The van der Waals surface area contributed by atoms with Gasteiger partial charge in [0.1, 0.15) is 29.6 Å². The van der Waals surface area contributed by atoms with E-state index in [0.29, 0.717) is 6.42 Å². The number of ether oxygens (including phenoxy) is 1. The largest absolute Gasteiger partial charge is 0.477 e. The quantitative estimate of drug-likeness (QED) is 0.291. The van der Waals surface area contributed by atoms with E-state index in [1.165, 1.54) is 27.0 Å². The molecular weight excluding hydrogens is 675 g/mol. The third kappa shape index (κ3) is 6.39. The van der Waals surface area contributed by atoms with Gasteiger partial charge in [0.25, 0.3) is 5.91 Å². The molecule has 3 aromatic heterocycles. The minimum Gasteiger partial charge on any atom is -0.477 e. The lowest BCUT2D eigenvalue weighted by Crippen LogP contribution is -2.71. The van der Waals surface area contributed by atoms with Crippen LogP contribution in [0.15, 0.2) is 45.8 Å². The molecule has 50 heavy (non-hydrogen) atoms. The molecule has 2 atom stereocenters. The van der Waals surface area contributed by atoms with Crippen molar-refractivity contribution in [3.05, 3.63) is 67.5 Å². The number of hydrogen-bond donors (Lipinski definition) is 3. The van der Waals surface area contributed by atoms with E-state index in [-0.39, 0.29) is 79.7 Å². The molecule has 3 aliphatic rings. The maximum Gasteiger partial charge on any atom is 0.410 e. The molecule has 17 heteroatoms. The van der Waals surface area contributed by atoms with Gasteiger partial charge in [-0.25, -0.2) is 23.8 Å². The van der Waals surface area contributed by atoms with E-state index in [1.54, 1.807) is 25.7 Å². The number of nitrogens with one attached hydrogen (secondary N) is 1. The molecule has 0 aromatic carbocycles. The summed E-state index contributed by atoms with van der Waals surface area (Å²) in [5.74, 6) is -4.51.